The molecule has 0 aliphatic carbocycles. The molecule has 2 atom stereocenters. The van der Waals surface area contributed by atoms with Crippen LogP contribution in [0.3, 0.4) is 0 Å². The highest BCUT2D eigenvalue weighted by molar-refractivity contribution is 6.44. The third kappa shape index (κ3) is 2.82. The Labute approximate surface area is 103 Å². The minimum absolute atomic E-state index is 0.142. The Hall–Kier alpha value is -1.55. The van der Waals surface area contributed by atoms with E-state index >= 15 is 0 Å². The predicted octanol–water partition coefficient (Wildman–Crippen LogP) is -3.58. The van der Waals surface area contributed by atoms with E-state index < -0.39 is 30.1 Å². The van der Waals surface area contributed by atoms with E-state index in [1.54, 1.807) is 0 Å². The van der Waals surface area contributed by atoms with Gasteiger partial charge < -0.3 is 21.7 Å². The number of carbonyl (C=O) groups excluding carboxylic acids is 3. The van der Waals surface area contributed by atoms with E-state index in [9.17, 15) is 24.6 Å². The van der Waals surface area contributed by atoms with Crippen molar-refractivity contribution in [2.45, 2.75) is 12.2 Å². The number of hydrogen-bond acceptors (Lipinski definition) is 7. The molecule has 18 heavy (non-hydrogen) atoms. The Morgan fingerprint density at radius 3 is 1.50 bits per heavy atom. The maximum Gasteiger partial charge on any atom is 0.334 e. The summed E-state index contributed by atoms with van der Waals surface area (Å²) in [5.41, 5.74) is 10.3. The summed E-state index contributed by atoms with van der Waals surface area (Å²) in [6.45, 7) is -0.988. The SMILES string of the molecule is NCC(O)CN1C(=O)C(=O)N(CC(O)CN)C1=O. The highest BCUT2D eigenvalue weighted by Crippen LogP contribution is 2.12. The number of imide groups is 2. The zero-order valence-corrected chi connectivity index (χ0v) is 9.65. The van der Waals surface area contributed by atoms with Gasteiger partial charge in [-0.05, 0) is 0 Å². The van der Waals surface area contributed by atoms with Crippen molar-refractivity contribution in [2.24, 2.45) is 11.5 Å². The average molecular weight is 260 g/mol. The quantitative estimate of drug-likeness (QED) is 0.285. The molecule has 1 aliphatic heterocycles. The third-order valence-electron chi connectivity index (χ3n) is 2.47. The van der Waals surface area contributed by atoms with Crippen LogP contribution < -0.4 is 11.5 Å². The number of β-amino-alcohol motifs (C(OH)–C–C–N with tert-alkyl or cyclic N) is 2. The van der Waals surface area contributed by atoms with Gasteiger partial charge in [-0.1, -0.05) is 0 Å². The lowest BCUT2D eigenvalue weighted by Crippen LogP contribution is -2.43. The Balaban J connectivity index is 2.77. The van der Waals surface area contributed by atoms with Crippen molar-refractivity contribution in [3.05, 3.63) is 0 Å². The van der Waals surface area contributed by atoms with Crippen LogP contribution >= 0.6 is 0 Å². The lowest BCUT2D eigenvalue weighted by molar-refractivity contribution is -0.144. The number of aliphatic hydroxyl groups is 2. The van der Waals surface area contributed by atoms with Crippen molar-refractivity contribution in [1.82, 2.24) is 9.80 Å². The third-order valence-corrected chi connectivity index (χ3v) is 2.47. The first-order valence-electron chi connectivity index (χ1n) is 5.36. The van der Waals surface area contributed by atoms with Gasteiger partial charge in [0.25, 0.3) is 0 Å². The van der Waals surface area contributed by atoms with Crippen molar-refractivity contribution >= 4 is 17.8 Å². The van der Waals surface area contributed by atoms with Gasteiger partial charge in [0.15, 0.2) is 0 Å². The predicted molar refractivity (Wildman–Crippen MR) is 58.9 cm³/mol. The zero-order chi connectivity index (χ0) is 13.9. The Kier molecular flexibility index (Phi) is 4.73. The highest BCUT2D eigenvalue weighted by atomic mass is 16.3. The van der Waals surface area contributed by atoms with E-state index in [1.165, 1.54) is 0 Å². The summed E-state index contributed by atoms with van der Waals surface area (Å²) < 4.78 is 0. The zero-order valence-electron chi connectivity index (χ0n) is 9.65. The molecule has 1 rings (SSSR count). The standard InChI is InChI=1S/C9H16N4O5/c10-1-5(14)3-12-7(16)8(17)13(9(12)18)4-6(15)2-11/h5-6,14-15H,1-4,10-11H2. The fourth-order valence-electron chi connectivity index (χ4n) is 1.44. The number of hydrogen-bond donors (Lipinski definition) is 4. The summed E-state index contributed by atoms with van der Waals surface area (Å²) in [6.07, 6.45) is -2.19. The summed E-state index contributed by atoms with van der Waals surface area (Å²) >= 11 is 0. The number of aliphatic hydroxyl groups excluding tert-OH is 2. The van der Waals surface area contributed by atoms with Gasteiger partial charge >= 0.3 is 17.8 Å². The van der Waals surface area contributed by atoms with Gasteiger partial charge in [0.05, 0.1) is 25.3 Å². The van der Waals surface area contributed by atoms with Gasteiger partial charge in [-0.15, -0.1) is 0 Å². The van der Waals surface area contributed by atoms with Gasteiger partial charge in [-0.25, -0.2) is 4.79 Å². The van der Waals surface area contributed by atoms with Crippen molar-refractivity contribution in [3.8, 4) is 0 Å². The Morgan fingerprint density at radius 2 is 1.22 bits per heavy atom. The van der Waals surface area contributed by atoms with Crippen molar-refractivity contribution in [3.63, 3.8) is 0 Å². The molecule has 0 aromatic rings. The molecular formula is C9H16N4O5. The average Bonchev–Trinajstić information content (AvgIpc) is 2.55. The second-order valence-corrected chi connectivity index (χ2v) is 3.89. The van der Waals surface area contributed by atoms with Crippen LogP contribution in [0.2, 0.25) is 0 Å². The number of amides is 4. The lowest BCUT2D eigenvalue weighted by atomic mass is 10.3. The highest BCUT2D eigenvalue weighted by Gasteiger charge is 2.45. The molecule has 2 unspecified atom stereocenters. The molecule has 1 saturated heterocycles. The molecule has 0 spiro atoms. The number of carbonyl (C=O) groups is 3. The second-order valence-electron chi connectivity index (χ2n) is 3.89. The van der Waals surface area contributed by atoms with Gasteiger partial charge in [-0.2, -0.15) is 0 Å². The first kappa shape index (κ1) is 14.5. The van der Waals surface area contributed by atoms with Crippen molar-refractivity contribution in [1.29, 1.82) is 0 Å². The molecule has 0 aromatic carbocycles. The molecule has 1 aliphatic rings. The summed E-state index contributed by atoms with van der Waals surface area (Å²) in [5.74, 6) is -2.09. The second kappa shape index (κ2) is 5.87. The lowest BCUT2D eigenvalue weighted by Gasteiger charge is -2.19. The monoisotopic (exact) mass is 260 g/mol. The molecule has 9 heteroatoms. The molecule has 0 bridgehead atoms. The molecule has 0 saturated carbocycles. The smallest absolute Gasteiger partial charge is 0.334 e. The maximum atomic E-state index is 11.7. The van der Waals surface area contributed by atoms with Crippen LogP contribution in [0.4, 0.5) is 4.79 Å². The molecule has 4 amide bonds. The van der Waals surface area contributed by atoms with Crippen LogP contribution in [-0.4, -0.2) is 76.2 Å². The topological polar surface area (TPSA) is 150 Å². The molecule has 6 N–H and O–H groups in total. The number of nitrogens with two attached hydrogens (primary N) is 2. The summed E-state index contributed by atoms with van der Waals surface area (Å²) in [4.78, 5) is 35.9. The minimum Gasteiger partial charge on any atom is -0.390 e. The minimum atomic E-state index is -1.09. The molecular weight excluding hydrogens is 244 g/mol. The van der Waals surface area contributed by atoms with E-state index in [0.717, 1.165) is 0 Å². The fraction of sp³-hybridized carbons (Fsp3) is 0.667. The molecule has 0 aromatic heterocycles. The Bertz CT molecular complexity index is 329. The van der Waals surface area contributed by atoms with Gasteiger partial charge in [0.1, 0.15) is 0 Å². The van der Waals surface area contributed by atoms with E-state index in [4.69, 9.17) is 11.5 Å². The number of nitrogens with zero attached hydrogens (tertiary/aromatic N) is 2. The van der Waals surface area contributed by atoms with Crippen LogP contribution in [0.5, 0.6) is 0 Å². The first-order chi connectivity index (χ1) is 8.42. The van der Waals surface area contributed by atoms with Crippen LogP contribution in [0.15, 0.2) is 0 Å². The van der Waals surface area contributed by atoms with Crippen LogP contribution in [0, 0.1) is 0 Å². The maximum absolute atomic E-state index is 11.7. The Morgan fingerprint density at radius 1 is 0.889 bits per heavy atom. The first-order valence-corrected chi connectivity index (χ1v) is 5.36. The van der Waals surface area contributed by atoms with Crippen LogP contribution in [0.25, 0.3) is 0 Å². The summed E-state index contributed by atoms with van der Waals surface area (Å²) in [5, 5.41) is 18.6. The van der Waals surface area contributed by atoms with Crippen molar-refractivity contribution in [2.75, 3.05) is 26.2 Å². The molecule has 1 fully saturated rings. The van der Waals surface area contributed by atoms with E-state index in [1.807, 2.05) is 0 Å². The van der Waals surface area contributed by atoms with Crippen LogP contribution in [-0.2, 0) is 9.59 Å². The van der Waals surface area contributed by atoms with Crippen molar-refractivity contribution < 1.29 is 24.6 Å². The fourth-order valence-corrected chi connectivity index (χ4v) is 1.44. The van der Waals surface area contributed by atoms with E-state index in [-0.39, 0.29) is 26.2 Å². The molecule has 1 heterocycles. The largest absolute Gasteiger partial charge is 0.390 e. The molecule has 9 nitrogen and oxygen atoms in total. The normalized spacial score (nSPS) is 19.7. The molecule has 0 radical (unpaired) electrons. The number of urea groups is 1. The molecule has 102 valence electrons. The van der Waals surface area contributed by atoms with Crippen LogP contribution in [0.1, 0.15) is 0 Å². The number of rotatable bonds is 6. The van der Waals surface area contributed by atoms with Gasteiger partial charge in [0.2, 0.25) is 0 Å². The van der Waals surface area contributed by atoms with E-state index in [0.29, 0.717) is 9.80 Å². The van der Waals surface area contributed by atoms with Gasteiger partial charge in [0, 0.05) is 13.1 Å². The van der Waals surface area contributed by atoms with E-state index in [2.05, 4.69) is 0 Å². The summed E-state index contributed by atoms with van der Waals surface area (Å²) in [7, 11) is 0. The summed E-state index contributed by atoms with van der Waals surface area (Å²) in [6, 6.07) is -0.884. The van der Waals surface area contributed by atoms with Gasteiger partial charge in [-0.3, -0.25) is 19.4 Å².